The van der Waals surface area contributed by atoms with Crippen LogP contribution >= 0.6 is 15.9 Å². The molecule has 0 amide bonds. The summed E-state index contributed by atoms with van der Waals surface area (Å²) in [5, 5.41) is 13.3. The van der Waals surface area contributed by atoms with Crippen LogP contribution in [0.15, 0.2) is 65.4 Å². The molecule has 2 aromatic carbocycles. The molecule has 5 rings (SSSR count). The van der Waals surface area contributed by atoms with Crippen LogP contribution in [-0.4, -0.2) is 15.2 Å². The Morgan fingerprint density at radius 1 is 0.958 bits per heavy atom. The Labute approximate surface area is 147 Å². The molecule has 0 bridgehead atoms. The number of hydrogen-bond donors (Lipinski definition) is 2. The number of fused-ring (bicyclic) bond motifs is 2. The molecule has 116 valence electrons. The minimum absolute atomic E-state index is 0.0541. The summed E-state index contributed by atoms with van der Waals surface area (Å²) in [6, 6.07) is 16.8. The number of para-hydroxylation sites is 1. The Balaban J connectivity index is 1.83. The van der Waals surface area contributed by atoms with E-state index in [0.29, 0.717) is 0 Å². The van der Waals surface area contributed by atoms with Gasteiger partial charge in [-0.25, -0.2) is 0 Å². The normalized spacial score (nSPS) is 15.6. The topological polar surface area (TPSA) is 53.6 Å². The molecule has 2 N–H and O–H groups in total. The summed E-state index contributed by atoms with van der Waals surface area (Å²) in [7, 11) is 0. The Bertz CT molecular complexity index is 1050. The van der Waals surface area contributed by atoms with Gasteiger partial charge in [0.25, 0.3) is 0 Å². The Morgan fingerprint density at radius 3 is 2.67 bits per heavy atom. The van der Waals surface area contributed by atoms with Crippen molar-refractivity contribution in [3.8, 4) is 11.1 Å². The zero-order valence-corrected chi connectivity index (χ0v) is 14.2. The summed E-state index contributed by atoms with van der Waals surface area (Å²) in [5.41, 5.74) is 6.59. The van der Waals surface area contributed by atoms with Crippen molar-refractivity contribution in [2.24, 2.45) is 0 Å². The summed E-state index contributed by atoms with van der Waals surface area (Å²) in [4.78, 5) is 3.27. The molecular weight excluding hydrogens is 364 g/mol. The van der Waals surface area contributed by atoms with Crippen LogP contribution < -0.4 is 5.32 Å². The predicted octanol–water partition coefficient (Wildman–Crippen LogP) is 4.90. The lowest BCUT2D eigenvalue weighted by Crippen LogP contribution is -2.11. The third-order valence-corrected chi connectivity index (χ3v) is 5.06. The predicted molar refractivity (Wildman–Crippen MR) is 98.9 cm³/mol. The highest BCUT2D eigenvalue weighted by Crippen LogP contribution is 2.43. The molecule has 0 aliphatic carbocycles. The third-order valence-electron chi connectivity index (χ3n) is 4.54. The van der Waals surface area contributed by atoms with Crippen molar-refractivity contribution in [3.05, 3.63) is 76.5 Å². The van der Waals surface area contributed by atoms with Crippen molar-refractivity contribution in [2.45, 2.75) is 6.04 Å². The first-order chi connectivity index (χ1) is 11.8. The minimum atomic E-state index is 0.0541. The second-order valence-electron chi connectivity index (χ2n) is 5.90. The quantitative estimate of drug-likeness (QED) is 0.496. The van der Waals surface area contributed by atoms with Crippen molar-refractivity contribution < 1.29 is 0 Å². The fourth-order valence-corrected chi connectivity index (χ4v) is 3.69. The maximum atomic E-state index is 4.26. The van der Waals surface area contributed by atoms with Crippen molar-refractivity contribution in [1.82, 2.24) is 15.2 Å². The highest BCUT2D eigenvalue weighted by molar-refractivity contribution is 9.10. The number of aromatic nitrogens is 3. The van der Waals surface area contributed by atoms with E-state index in [1.54, 1.807) is 0 Å². The standard InChI is InChI=1S/C19H13BrN4/c20-12-7-5-11(6-8-12)18-15-9-21-19-17(15)14(10-22-24-19)13-3-1-2-4-16(13)23-18/h1-10,18,23H,(H,21,24). The number of benzene rings is 2. The van der Waals surface area contributed by atoms with Gasteiger partial charge >= 0.3 is 0 Å². The number of anilines is 1. The molecule has 1 atom stereocenters. The monoisotopic (exact) mass is 376 g/mol. The Hall–Kier alpha value is -2.66. The SMILES string of the molecule is Brc1ccc(C2Nc3ccccc3-c3cnnc4[nH]cc2c34)cc1. The fourth-order valence-electron chi connectivity index (χ4n) is 3.43. The average Bonchev–Trinajstić information content (AvgIpc) is 2.98. The van der Waals surface area contributed by atoms with Gasteiger partial charge in [-0.1, -0.05) is 46.3 Å². The molecule has 0 saturated carbocycles. The van der Waals surface area contributed by atoms with Crippen molar-refractivity contribution in [3.63, 3.8) is 0 Å². The van der Waals surface area contributed by atoms with E-state index in [1.165, 1.54) is 11.1 Å². The van der Waals surface area contributed by atoms with Crippen molar-refractivity contribution in [1.29, 1.82) is 0 Å². The molecule has 0 radical (unpaired) electrons. The van der Waals surface area contributed by atoms with Gasteiger partial charge in [-0.2, -0.15) is 5.10 Å². The van der Waals surface area contributed by atoms with Gasteiger partial charge in [0.2, 0.25) is 0 Å². The molecule has 3 heterocycles. The van der Waals surface area contributed by atoms with E-state index < -0.39 is 0 Å². The lowest BCUT2D eigenvalue weighted by atomic mass is 9.98. The van der Waals surface area contributed by atoms with E-state index >= 15 is 0 Å². The maximum absolute atomic E-state index is 4.26. The van der Waals surface area contributed by atoms with Gasteiger partial charge in [0.05, 0.1) is 12.2 Å². The molecule has 24 heavy (non-hydrogen) atoms. The Kier molecular flexibility index (Phi) is 2.97. The molecule has 4 nitrogen and oxygen atoms in total. The van der Waals surface area contributed by atoms with E-state index in [9.17, 15) is 0 Å². The first kappa shape index (κ1) is 13.7. The molecular formula is C19H13BrN4. The number of rotatable bonds is 1. The van der Waals surface area contributed by atoms with Crippen LogP contribution in [0, 0.1) is 0 Å². The molecule has 1 aliphatic heterocycles. The van der Waals surface area contributed by atoms with Crippen LogP contribution in [0.5, 0.6) is 0 Å². The zero-order valence-electron chi connectivity index (χ0n) is 12.6. The Morgan fingerprint density at radius 2 is 1.79 bits per heavy atom. The molecule has 5 heteroatoms. The lowest BCUT2D eigenvalue weighted by molar-refractivity contribution is 0.952. The lowest BCUT2D eigenvalue weighted by Gasteiger charge is -2.19. The number of H-pyrrole nitrogens is 1. The van der Waals surface area contributed by atoms with Gasteiger partial charge in [0.1, 0.15) is 0 Å². The first-order valence-electron chi connectivity index (χ1n) is 7.75. The minimum Gasteiger partial charge on any atom is -0.374 e. The number of aromatic amines is 1. The zero-order chi connectivity index (χ0) is 16.1. The van der Waals surface area contributed by atoms with Gasteiger partial charge in [-0.15, -0.1) is 5.10 Å². The first-order valence-corrected chi connectivity index (χ1v) is 8.54. The second-order valence-corrected chi connectivity index (χ2v) is 6.82. The summed E-state index contributed by atoms with van der Waals surface area (Å²) in [5.74, 6) is 0. The average molecular weight is 377 g/mol. The van der Waals surface area contributed by atoms with E-state index in [2.05, 4.69) is 85.0 Å². The van der Waals surface area contributed by atoms with E-state index in [1.807, 2.05) is 12.4 Å². The van der Waals surface area contributed by atoms with Crippen LogP contribution in [0.2, 0.25) is 0 Å². The highest BCUT2D eigenvalue weighted by Gasteiger charge is 2.26. The van der Waals surface area contributed by atoms with E-state index in [4.69, 9.17) is 0 Å². The molecule has 2 aromatic heterocycles. The smallest absolute Gasteiger partial charge is 0.160 e. The number of nitrogens with zero attached hydrogens (tertiary/aromatic N) is 2. The number of halogens is 1. The summed E-state index contributed by atoms with van der Waals surface area (Å²) in [6.07, 6.45) is 3.89. The molecule has 0 spiro atoms. The third kappa shape index (κ3) is 1.98. The van der Waals surface area contributed by atoms with Crippen LogP contribution in [0.25, 0.3) is 22.2 Å². The molecule has 4 aromatic rings. The van der Waals surface area contributed by atoms with Crippen molar-refractivity contribution >= 4 is 32.7 Å². The van der Waals surface area contributed by atoms with E-state index in [-0.39, 0.29) is 6.04 Å². The van der Waals surface area contributed by atoms with E-state index in [0.717, 1.165) is 32.3 Å². The van der Waals surface area contributed by atoms with Gasteiger partial charge in [-0.3, -0.25) is 0 Å². The molecule has 0 saturated heterocycles. The van der Waals surface area contributed by atoms with Gasteiger partial charge in [0, 0.05) is 38.4 Å². The fraction of sp³-hybridized carbons (Fsp3) is 0.0526. The van der Waals surface area contributed by atoms with Crippen LogP contribution in [0.1, 0.15) is 17.2 Å². The number of nitrogens with one attached hydrogen (secondary N) is 2. The molecule has 1 unspecified atom stereocenters. The number of hydrogen-bond acceptors (Lipinski definition) is 3. The second kappa shape index (κ2) is 5.18. The van der Waals surface area contributed by atoms with Crippen LogP contribution in [-0.2, 0) is 0 Å². The maximum Gasteiger partial charge on any atom is 0.160 e. The highest BCUT2D eigenvalue weighted by atomic mass is 79.9. The largest absolute Gasteiger partial charge is 0.374 e. The van der Waals surface area contributed by atoms with Crippen molar-refractivity contribution in [2.75, 3.05) is 5.32 Å². The molecule has 1 aliphatic rings. The van der Waals surface area contributed by atoms with Crippen LogP contribution in [0.4, 0.5) is 5.69 Å². The van der Waals surface area contributed by atoms with Gasteiger partial charge < -0.3 is 10.3 Å². The molecule has 0 fully saturated rings. The van der Waals surface area contributed by atoms with Gasteiger partial charge in [-0.05, 0) is 23.8 Å². The summed E-state index contributed by atoms with van der Waals surface area (Å²) in [6.45, 7) is 0. The summed E-state index contributed by atoms with van der Waals surface area (Å²) < 4.78 is 1.07. The van der Waals surface area contributed by atoms with Gasteiger partial charge in [0.15, 0.2) is 5.65 Å². The summed E-state index contributed by atoms with van der Waals surface area (Å²) >= 11 is 3.51. The van der Waals surface area contributed by atoms with Crippen LogP contribution in [0.3, 0.4) is 0 Å².